The Morgan fingerprint density at radius 3 is 2.78 bits per heavy atom. The van der Waals surface area contributed by atoms with Crippen LogP contribution in [-0.2, 0) is 0 Å². The van der Waals surface area contributed by atoms with Gasteiger partial charge in [0.25, 0.3) is 0 Å². The lowest BCUT2D eigenvalue weighted by Gasteiger charge is -1.99. The monoisotopic (exact) mass is 318 g/mol. The molecule has 0 bridgehead atoms. The highest BCUT2D eigenvalue weighted by atomic mass is 79.9. The number of para-hydroxylation sites is 1. The highest BCUT2D eigenvalue weighted by Gasteiger charge is 2.08. The van der Waals surface area contributed by atoms with Gasteiger partial charge in [0.1, 0.15) is 5.01 Å². The molecular weight excluding hydrogens is 308 g/mol. The molecule has 0 saturated carbocycles. The molecule has 0 aliphatic rings. The van der Waals surface area contributed by atoms with Crippen LogP contribution in [0.1, 0.15) is 5.56 Å². The summed E-state index contributed by atoms with van der Waals surface area (Å²) in [6.45, 7) is 2.08. The molecule has 0 aliphatic heterocycles. The van der Waals surface area contributed by atoms with Crippen molar-refractivity contribution in [1.82, 2.24) is 4.98 Å². The van der Waals surface area contributed by atoms with Crippen LogP contribution in [0.2, 0.25) is 0 Å². The molecule has 4 heteroatoms. The van der Waals surface area contributed by atoms with E-state index in [1.54, 1.807) is 11.3 Å². The van der Waals surface area contributed by atoms with Gasteiger partial charge in [-0.05, 0) is 36.8 Å². The first-order valence-corrected chi connectivity index (χ1v) is 7.17. The van der Waals surface area contributed by atoms with Crippen LogP contribution in [0.25, 0.3) is 20.8 Å². The van der Waals surface area contributed by atoms with Crippen molar-refractivity contribution < 1.29 is 0 Å². The minimum absolute atomic E-state index is 0.746. The minimum atomic E-state index is 0.746. The van der Waals surface area contributed by atoms with Gasteiger partial charge in [-0.15, -0.1) is 11.3 Å². The van der Waals surface area contributed by atoms with Crippen LogP contribution in [0, 0.1) is 6.92 Å². The zero-order chi connectivity index (χ0) is 12.7. The normalized spacial score (nSPS) is 11.0. The minimum Gasteiger partial charge on any atom is -0.399 e. The molecule has 0 saturated heterocycles. The number of thiazole rings is 1. The van der Waals surface area contributed by atoms with E-state index in [0.29, 0.717) is 0 Å². The van der Waals surface area contributed by atoms with Gasteiger partial charge in [-0.3, -0.25) is 0 Å². The highest BCUT2D eigenvalue weighted by Crippen LogP contribution is 2.33. The number of halogens is 1. The zero-order valence-electron chi connectivity index (χ0n) is 9.77. The van der Waals surface area contributed by atoms with E-state index < -0.39 is 0 Å². The smallest absolute Gasteiger partial charge is 0.124 e. The summed E-state index contributed by atoms with van der Waals surface area (Å²) in [6, 6.07) is 12.1. The number of fused-ring (bicyclic) bond motifs is 1. The van der Waals surface area contributed by atoms with Gasteiger partial charge in [0.2, 0.25) is 0 Å². The third-order valence-electron chi connectivity index (χ3n) is 2.79. The molecule has 0 spiro atoms. The van der Waals surface area contributed by atoms with Crippen molar-refractivity contribution >= 4 is 43.2 Å². The largest absolute Gasteiger partial charge is 0.399 e. The fourth-order valence-electron chi connectivity index (χ4n) is 1.95. The van der Waals surface area contributed by atoms with E-state index >= 15 is 0 Å². The number of hydrogen-bond donors (Lipinski definition) is 1. The Labute approximate surface area is 118 Å². The number of benzene rings is 2. The summed E-state index contributed by atoms with van der Waals surface area (Å²) in [5.74, 6) is 0. The average Bonchev–Trinajstić information content (AvgIpc) is 2.73. The summed E-state index contributed by atoms with van der Waals surface area (Å²) in [6.07, 6.45) is 0. The lowest BCUT2D eigenvalue weighted by molar-refractivity contribution is 1.42. The van der Waals surface area contributed by atoms with Crippen LogP contribution >= 0.6 is 27.3 Å². The van der Waals surface area contributed by atoms with E-state index in [-0.39, 0.29) is 0 Å². The van der Waals surface area contributed by atoms with E-state index in [1.807, 2.05) is 18.2 Å². The molecule has 0 unspecified atom stereocenters. The number of aryl methyl sites for hydroxylation is 1. The second-order valence-corrected chi connectivity index (χ2v) is 6.16. The zero-order valence-corrected chi connectivity index (χ0v) is 12.2. The van der Waals surface area contributed by atoms with Crippen LogP contribution in [0.5, 0.6) is 0 Å². The molecule has 1 heterocycles. The van der Waals surface area contributed by atoms with E-state index in [2.05, 4.69) is 41.1 Å². The maximum atomic E-state index is 5.87. The maximum Gasteiger partial charge on any atom is 0.124 e. The molecule has 3 rings (SSSR count). The van der Waals surface area contributed by atoms with Crippen molar-refractivity contribution in [1.29, 1.82) is 0 Å². The van der Waals surface area contributed by atoms with E-state index in [1.165, 1.54) is 10.3 Å². The summed E-state index contributed by atoms with van der Waals surface area (Å²) >= 11 is 5.16. The Hall–Kier alpha value is -1.39. The first kappa shape index (κ1) is 11.7. The highest BCUT2D eigenvalue weighted by molar-refractivity contribution is 9.10. The molecule has 3 aromatic rings. The van der Waals surface area contributed by atoms with Gasteiger partial charge in [-0.2, -0.15) is 0 Å². The predicted octanol–water partition coefficient (Wildman–Crippen LogP) is 4.62. The summed E-state index contributed by atoms with van der Waals surface area (Å²) in [5.41, 5.74) is 9.96. The van der Waals surface area contributed by atoms with Gasteiger partial charge in [-0.25, -0.2) is 4.98 Å². The first-order chi connectivity index (χ1) is 8.63. The van der Waals surface area contributed by atoms with Crippen LogP contribution in [-0.4, -0.2) is 4.98 Å². The molecule has 90 valence electrons. The van der Waals surface area contributed by atoms with Gasteiger partial charge >= 0.3 is 0 Å². The molecule has 0 radical (unpaired) electrons. The van der Waals surface area contributed by atoms with E-state index in [9.17, 15) is 0 Å². The predicted molar refractivity (Wildman–Crippen MR) is 81.9 cm³/mol. The first-order valence-electron chi connectivity index (χ1n) is 5.56. The SMILES string of the molecule is Cc1cccc2sc(-c3cc(N)cc(Br)c3)nc12. The van der Waals surface area contributed by atoms with Crippen molar-refractivity contribution in [3.8, 4) is 10.6 Å². The third-order valence-corrected chi connectivity index (χ3v) is 4.32. The number of hydrogen-bond acceptors (Lipinski definition) is 3. The molecular formula is C14H11BrN2S. The van der Waals surface area contributed by atoms with Crippen LogP contribution in [0.3, 0.4) is 0 Å². The summed E-state index contributed by atoms with van der Waals surface area (Å²) in [4.78, 5) is 4.71. The van der Waals surface area contributed by atoms with Gasteiger partial charge in [0.05, 0.1) is 10.2 Å². The van der Waals surface area contributed by atoms with Crippen molar-refractivity contribution in [3.05, 3.63) is 46.4 Å². The maximum absolute atomic E-state index is 5.87. The number of rotatable bonds is 1. The lowest BCUT2D eigenvalue weighted by Crippen LogP contribution is -1.86. The van der Waals surface area contributed by atoms with E-state index in [4.69, 9.17) is 10.7 Å². The van der Waals surface area contributed by atoms with Crippen molar-refractivity contribution in [2.24, 2.45) is 0 Å². The fourth-order valence-corrected chi connectivity index (χ4v) is 3.49. The summed E-state index contributed by atoms with van der Waals surface area (Å²) in [5, 5.41) is 1.01. The molecule has 18 heavy (non-hydrogen) atoms. The number of anilines is 1. The van der Waals surface area contributed by atoms with E-state index in [0.717, 1.165) is 26.2 Å². The Balaban J connectivity index is 2.22. The second-order valence-electron chi connectivity index (χ2n) is 4.21. The molecule has 0 aliphatic carbocycles. The summed E-state index contributed by atoms with van der Waals surface area (Å²) in [7, 11) is 0. The van der Waals surface area contributed by atoms with Crippen LogP contribution in [0.4, 0.5) is 5.69 Å². The van der Waals surface area contributed by atoms with Crippen molar-refractivity contribution in [3.63, 3.8) is 0 Å². The molecule has 0 atom stereocenters. The molecule has 0 fully saturated rings. The number of nitrogens with zero attached hydrogens (tertiary/aromatic N) is 1. The fraction of sp³-hybridized carbons (Fsp3) is 0.0714. The van der Waals surface area contributed by atoms with Crippen molar-refractivity contribution in [2.75, 3.05) is 5.73 Å². The molecule has 0 amide bonds. The standard InChI is InChI=1S/C14H11BrN2S/c1-8-3-2-4-12-13(8)17-14(18-12)9-5-10(15)7-11(16)6-9/h2-7H,16H2,1H3. The molecule has 2 aromatic carbocycles. The van der Waals surface area contributed by atoms with Gasteiger partial charge in [0.15, 0.2) is 0 Å². The Kier molecular flexibility index (Phi) is 2.84. The summed E-state index contributed by atoms with van der Waals surface area (Å²) < 4.78 is 2.19. The average molecular weight is 319 g/mol. The lowest BCUT2D eigenvalue weighted by atomic mass is 10.2. The molecule has 2 N–H and O–H groups in total. The Bertz CT molecular complexity index is 713. The van der Waals surface area contributed by atoms with Gasteiger partial charge < -0.3 is 5.73 Å². The third kappa shape index (κ3) is 2.02. The number of nitrogen functional groups attached to an aromatic ring is 1. The number of aromatic nitrogens is 1. The Morgan fingerprint density at radius 1 is 1.22 bits per heavy atom. The van der Waals surface area contributed by atoms with Crippen LogP contribution in [0.15, 0.2) is 40.9 Å². The van der Waals surface area contributed by atoms with Crippen molar-refractivity contribution in [2.45, 2.75) is 6.92 Å². The molecule has 1 aromatic heterocycles. The van der Waals surface area contributed by atoms with Gasteiger partial charge in [0, 0.05) is 15.7 Å². The quantitative estimate of drug-likeness (QED) is 0.665. The van der Waals surface area contributed by atoms with Crippen LogP contribution < -0.4 is 5.73 Å². The second kappa shape index (κ2) is 4.37. The molecule has 2 nitrogen and oxygen atoms in total. The number of nitrogens with two attached hydrogens (primary N) is 1. The van der Waals surface area contributed by atoms with Gasteiger partial charge in [-0.1, -0.05) is 28.1 Å². The Morgan fingerprint density at radius 2 is 2.06 bits per heavy atom. The topological polar surface area (TPSA) is 38.9 Å².